The SMILES string of the molecule is C[Si](C)(C)CCOCn1ccnc1-c1ccc(-c2ccc(-c3nccn3COCC[Si](C)(C)C)s2)s1. The van der Waals surface area contributed by atoms with Crippen LogP contribution in [0.4, 0.5) is 0 Å². The molecule has 0 unspecified atom stereocenters. The second-order valence-corrected chi connectivity index (χ2v) is 24.9. The molecule has 0 atom stereocenters. The quantitative estimate of drug-likeness (QED) is 0.124. The molecule has 0 aliphatic heterocycles. The Labute approximate surface area is 225 Å². The van der Waals surface area contributed by atoms with Crippen molar-refractivity contribution in [1.82, 2.24) is 19.1 Å². The highest BCUT2D eigenvalue weighted by molar-refractivity contribution is 7.25. The van der Waals surface area contributed by atoms with Crippen LogP contribution < -0.4 is 0 Å². The third-order valence-electron chi connectivity index (χ3n) is 5.78. The summed E-state index contributed by atoms with van der Waals surface area (Å²) in [6, 6.07) is 11.0. The minimum atomic E-state index is -1.09. The zero-order valence-corrected chi connectivity index (χ0v) is 25.9. The monoisotopic (exact) mass is 558 g/mol. The summed E-state index contributed by atoms with van der Waals surface area (Å²) in [5, 5.41) is 0. The molecule has 6 nitrogen and oxygen atoms in total. The summed E-state index contributed by atoms with van der Waals surface area (Å²) in [6.45, 7) is 16.9. The fourth-order valence-corrected chi connectivity index (χ4v) is 7.18. The Hall–Kier alpha value is -1.83. The molecule has 10 heteroatoms. The van der Waals surface area contributed by atoms with E-state index in [9.17, 15) is 0 Å². The molecule has 0 aliphatic rings. The van der Waals surface area contributed by atoms with Gasteiger partial charge in [-0.25, -0.2) is 9.97 Å². The number of thiophene rings is 2. The first kappa shape index (κ1) is 27.2. The van der Waals surface area contributed by atoms with Gasteiger partial charge in [0, 0.05) is 63.9 Å². The van der Waals surface area contributed by atoms with Crippen molar-refractivity contribution in [3.8, 4) is 31.2 Å². The molecule has 0 radical (unpaired) electrons. The molecule has 0 fully saturated rings. The average Bonchev–Trinajstić information content (AvgIpc) is 3.57. The van der Waals surface area contributed by atoms with Gasteiger partial charge in [0.05, 0.1) is 9.75 Å². The molecule has 0 amide bonds. The number of hydrogen-bond acceptors (Lipinski definition) is 6. The number of rotatable bonds is 13. The minimum absolute atomic E-state index is 0.541. The third kappa shape index (κ3) is 7.59. The first-order valence-corrected chi connectivity index (χ1v) is 21.5. The molecule has 194 valence electrons. The average molecular weight is 559 g/mol. The Morgan fingerprint density at radius 2 is 1.03 bits per heavy atom. The second-order valence-electron chi connectivity index (χ2n) is 11.5. The maximum Gasteiger partial charge on any atom is 0.151 e. The van der Waals surface area contributed by atoms with Crippen LogP contribution in [0.2, 0.25) is 51.4 Å². The maximum atomic E-state index is 5.96. The van der Waals surface area contributed by atoms with E-state index in [4.69, 9.17) is 9.47 Å². The first-order valence-electron chi connectivity index (χ1n) is 12.5. The zero-order valence-electron chi connectivity index (χ0n) is 22.3. The van der Waals surface area contributed by atoms with Crippen molar-refractivity contribution in [3.63, 3.8) is 0 Å². The topological polar surface area (TPSA) is 54.1 Å². The Kier molecular flexibility index (Phi) is 8.85. The van der Waals surface area contributed by atoms with Crippen LogP contribution in [0.3, 0.4) is 0 Å². The van der Waals surface area contributed by atoms with Gasteiger partial charge in [-0.05, 0) is 36.4 Å². The van der Waals surface area contributed by atoms with Crippen LogP contribution in [0.5, 0.6) is 0 Å². The molecule has 0 saturated heterocycles. The summed E-state index contributed by atoms with van der Waals surface area (Å²) in [6.07, 6.45) is 7.70. The largest absolute Gasteiger partial charge is 0.361 e. The lowest BCUT2D eigenvalue weighted by molar-refractivity contribution is 0.0882. The summed E-state index contributed by atoms with van der Waals surface area (Å²) in [5.41, 5.74) is 0. The Morgan fingerprint density at radius 3 is 1.42 bits per heavy atom. The van der Waals surface area contributed by atoms with Crippen LogP contribution in [-0.2, 0) is 22.9 Å². The van der Waals surface area contributed by atoms with E-state index in [1.165, 1.54) is 21.8 Å². The fourth-order valence-electron chi connectivity index (χ4n) is 3.54. The number of nitrogens with zero attached hydrogens (tertiary/aromatic N) is 4. The van der Waals surface area contributed by atoms with Crippen LogP contribution in [0.1, 0.15) is 0 Å². The third-order valence-corrected chi connectivity index (χ3v) is 11.5. The van der Waals surface area contributed by atoms with E-state index >= 15 is 0 Å². The zero-order chi connectivity index (χ0) is 25.8. The lowest BCUT2D eigenvalue weighted by Crippen LogP contribution is -2.22. The van der Waals surface area contributed by atoms with E-state index in [0.717, 1.165) is 34.6 Å². The summed E-state index contributed by atoms with van der Waals surface area (Å²) >= 11 is 3.53. The second kappa shape index (κ2) is 11.7. The summed E-state index contributed by atoms with van der Waals surface area (Å²) in [5.74, 6) is 1.92. The van der Waals surface area contributed by atoms with Gasteiger partial charge in [-0.3, -0.25) is 0 Å². The molecule has 4 aromatic rings. The number of ether oxygens (including phenoxy) is 2. The smallest absolute Gasteiger partial charge is 0.151 e. The molecule has 0 saturated carbocycles. The predicted molar refractivity (Wildman–Crippen MR) is 158 cm³/mol. The van der Waals surface area contributed by atoms with Crippen LogP contribution in [0.25, 0.3) is 31.2 Å². The molecular weight excluding hydrogens is 521 g/mol. The summed E-state index contributed by atoms with van der Waals surface area (Å²) < 4.78 is 16.1. The highest BCUT2D eigenvalue weighted by atomic mass is 32.1. The van der Waals surface area contributed by atoms with Crippen LogP contribution in [0, 0.1) is 0 Å². The number of aromatic nitrogens is 4. The van der Waals surface area contributed by atoms with E-state index in [1.54, 1.807) is 22.7 Å². The van der Waals surface area contributed by atoms with Crippen molar-refractivity contribution in [1.29, 1.82) is 0 Å². The highest BCUT2D eigenvalue weighted by Crippen LogP contribution is 2.39. The van der Waals surface area contributed by atoms with Gasteiger partial charge in [0.25, 0.3) is 0 Å². The lowest BCUT2D eigenvalue weighted by atomic mass is 10.3. The predicted octanol–water partition coefficient (Wildman–Crippen LogP) is 7.83. The van der Waals surface area contributed by atoms with Crippen molar-refractivity contribution in [2.45, 2.75) is 64.8 Å². The van der Waals surface area contributed by atoms with Crippen molar-refractivity contribution >= 4 is 38.8 Å². The van der Waals surface area contributed by atoms with E-state index in [2.05, 4.69) is 82.6 Å². The standard InChI is InChI=1S/C26H38N4O2S2Si2/c1-35(2,3)17-15-31-19-29-13-11-27-25(29)23-9-7-21(33-23)22-8-10-24(34-22)26-28-12-14-30(26)20-32-16-18-36(4,5)6/h7-14H,15-20H2,1-6H3. The maximum absolute atomic E-state index is 5.96. The van der Waals surface area contributed by atoms with E-state index in [-0.39, 0.29) is 0 Å². The van der Waals surface area contributed by atoms with Gasteiger partial charge in [0.2, 0.25) is 0 Å². The van der Waals surface area contributed by atoms with Gasteiger partial charge < -0.3 is 18.6 Å². The lowest BCUT2D eigenvalue weighted by Gasteiger charge is -2.16. The molecule has 36 heavy (non-hydrogen) atoms. The van der Waals surface area contributed by atoms with E-state index in [1.807, 2.05) is 24.8 Å². The Bertz CT molecular complexity index is 1150. The number of imidazole rings is 2. The van der Waals surface area contributed by atoms with E-state index < -0.39 is 16.1 Å². The molecule has 4 rings (SSSR count). The van der Waals surface area contributed by atoms with Crippen LogP contribution in [-0.4, -0.2) is 48.5 Å². The molecule has 0 bridgehead atoms. The van der Waals surface area contributed by atoms with Crippen molar-refractivity contribution in [3.05, 3.63) is 49.1 Å². The fraction of sp³-hybridized carbons (Fsp3) is 0.462. The van der Waals surface area contributed by atoms with Crippen molar-refractivity contribution in [2.75, 3.05) is 13.2 Å². The highest BCUT2D eigenvalue weighted by Gasteiger charge is 2.16. The van der Waals surface area contributed by atoms with Crippen LogP contribution in [0.15, 0.2) is 49.1 Å². The molecule has 4 aromatic heterocycles. The molecule has 0 aliphatic carbocycles. The first-order chi connectivity index (χ1) is 17.1. The normalized spacial score (nSPS) is 12.5. The van der Waals surface area contributed by atoms with Gasteiger partial charge in [0.1, 0.15) is 13.5 Å². The van der Waals surface area contributed by atoms with Crippen LogP contribution >= 0.6 is 22.7 Å². The van der Waals surface area contributed by atoms with Crippen molar-refractivity contribution < 1.29 is 9.47 Å². The van der Waals surface area contributed by atoms with Gasteiger partial charge in [0.15, 0.2) is 11.6 Å². The van der Waals surface area contributed by atoms with Gasteiger partial charge in [-0.1, -0.05) is 39.3 Å². The Balaban J connectivity index is 1.40. The summed E-state index contributed by atoms with van der Waals surface area (Å²) in [4.78, 5) is 14.0. The van der Waals surface area contributed by atoms with Gasteiger partial charge in [-0.2, -0.15) is 0 Å². The molecule has 0 aromatic carbocycles. The molecule has 0 spiro atoms. The molecular formula is C26H38N4O2S2Si2. The van der Waals surface area contributed by atoms with E-state index in [0.29, 0.717) is 13.5 Å². The molecule has 0 N–H and O–H groups in total. The van der Waals surface area contributed by atoms with Crippen molar-refractivity contribution in [2.24, 2.45) is 0 Å². The summed E-state index contributed by atoms with van der Waals surface area (Å²) in [7, 11) is -2.17. The molecule has 4 heterocycles. The van der Waals surface area contributed by atoms with Gasteiger partial charge >= 0.3 is 0 Å². The Morgan fingerprint density at radius 1 is 0.639 bits per heavy atom. The minimum Gasteiger partial charge on any atom is -0.361 e. The number of hydrogen-bond donors (Lipinski definition) is 0. The van der Waals surface area contributed by atoms with Gasteiger partial charge in [-0.15, -0.1) is 22.7 Å².